The van der Waals surface area contributed by atoms with E-state index in [4.69, 9.17) is 9.84 Å². The zero-order valence-electron chi connectivity index (χ0n) is 8.46. The minimum Gasteiger partial charge on any atom is -0.477 e. The van der Waals surface area contributed by atoms with Gasteiger partial charge in [-0.15, -0.1) is 0 Å². The molecule has 0 aliphatic carbocycles. The summed E-state index contributed by atoms with van der Waals surface area (Å²) < 4.78 is 5.06. The van der Waals surface area contributed by atoms with E-state index >= 15 is 0 Å². The highest BCUT2D eigenvalue weighted by molar-refractivity contribution is 5.85. The monoisotopic (exact) mass is 224 g/mol. The van der Waals surface area contributed by atoms with Crippen molar-refractivity contribution in [1.29, 1.82) is 0 Å². The van der Waals surface area contributed by atoms with Gasteiger partial charge in [0.2, 0.25) is 0 Å². The van der Waals surface area contributed by atoms with Gasteiger partial charge in [-0.25, -0.2) is 9.78 Å². The van der Waals surface area contributed by atoms with E-state index in [1.165, 1.54) is 6.07 Å². The molecule has 2 heterocycles. The maximum Gasteiger partial charge on any atom is 0.354 e. The number of rotatable bonds is 3. The Morgan fingerprint density at radius 1 is 1.50 bits per heavy atom. The van der Waals surface area contributed by atoms with Gasteiger partial charge in [0.1, 0.15) is 5.82 Å². The van der Waals surface area contributed by atoms with Gasteiger partial charge in [0.15, 0.2) is 5.69 Å². The number of aromatic carboxylic acids is 1. The van der Waals surface area contributed by atoms with Crippen LogP contribution in [0.3, 0.4) is 0 Å². The Bertz CT molecular complexity index is 396. The van der Waals surface area contributed by atoms with Crippen LogP contribution in [0.25, 0.3) is 0 Å². The fourth-order valence-electron chi connectivity index (χ4n) is 1.50. The van der Waals surface area contributed by atoms with Crippen LogP contribution in [0.4, 0.5) is 5.82 Å². The third-order valence-corrected chi connectivity index (χ3v) is 2.35. The summed E-state index contributed by atoms with van der Waals surface area (Å²) in [7, 11) is 0. The summed E-state index contributed by atoms with van der Waals surface area (Å²) in [5.41, 5.74) is -0.0293. The minimum atomic E-state index is -1.08. The molecule has 86 valence electrons. The van der Waals surface area contributed by atoms with Crippen molar-refractivity contribution < 1.29 is 19.7 Å². The average molecular weight is 224 g/mol. The highest BCUT2D eigenvalue weighted by atomic mass is 16.5. The summed E-state index contributed by atoms with van der Waals surface area (Å²) in [6.45, 7) is 0.677. The van der Waals surface area contributed by atoms with Crippen molar-refractivity contribution in [2.24, 2.45) is 0 Å². The van der Waals surface area contributed by atoms with E-state index in [1.807, 2.05) is 0 Å². The first-order chi connectivity index (χ1) is 7.66. The van der Waals surface area contributed by atoms with Crippen LogP contribution in [0, 0.1) is 0 Å². The van der Waals surface area contributed by atoms with Crippen molar-refractivity contribution in [3.63, 3.8) is 0 Å². The van der Waals surface area contributed by atoms with Crippen LogP contribution >= 0.6 is 0 Å². The Morgan fingerprint density at radius 2 is 2.31 bits per heavy atom. The van der Waals surface area contributed by atoms with Crippen LogP contribution in [-0.4, -0.2) is 46.5 Å². The van der Waals surface area contributed by atoms with Gasteiger partial charge in [0, 0.05) is 0 Å². The molecule has 1 saturated heterocycles. The SMILES string of the molecule is O=C(O)c1cccc(N[C@@H]2COC[C@H]2O)n1. The fourth-order valence-corrected chi connectivity index (χ4v) is 1.50. The maximum atomic E-state index is 10.7. The van der Waals surface area contributed by atoms with E-state index in [-0.39, 0.29) is 18.3 Å². The van der Waals surface area contributed by atoms with E-state index in [9.17, 15) is 9.90 Å². The molecule has 0 saturated carbocycles. The number of nitrogens with one attached hydrogen (secondary N) is 1. The molecule has 0 radical (unpaired) electrons. The summed E-state index contributed by atoms with van der Waals surface area (Å²) in [6.07, 6.45) is -0.588. The quantitative estimate of drug-likeness (QED) is 0.666. The number of anilines is 1. The largest absolute Gasteiger partial charge is 0.477 e. The normalized spacial score (nSPS) is 24.3. The lowest BCUT2D eigenvalue weighted by Gasteiger charge is -2.15. The van der Waals surface area contributed by atoms with Crippen molar-refractivity contribution in [3.05, 3.63) is 23.9 Å². The number of carboxylic acids is 1. The first kappa shape index (κ1) is 10.8. The molecule has 1 aliphatic rings. The number of carboxylic acid groups (broad SMARTS) is 1. The van der Waals surface area contributed by atoms with Crippen molar-refractivity contribution in [2.75, 3.05) is 18.5 Å². The minimum absolute atomic E-state index is 0.0293. The summed E-state index contributed by atoms with van der Waals surface area (Å²) >= 11 is 0. The van der Waals surface area contributed by atoms with Crippen LogP contribution in [0.15, 0.2) is 18.2 Å². The van der Waals surface area contributed by atoms with Crippen LogP contribution < -0.4 is 5.32 Å². The lowest BCUT2D eigenvalue weighted by atomic mass is 10.2. The highest BCUT2D eigenvalue weighted by Crippen LogP contribution is 2.12. The van der Waals surface area contributed by atoms with Crippen LogP contribution in [0.5, 0.6) is 0 Å². The summed E-state index contributed by atoms with van der Waals surface area (Å²) in [6, 6.07) is 4.42. The second kappa shape index (κ2) is 4.46. The Morgan fingerprint density at radius 3 is 2.94 bits per heavy atom. The molecule has 0 spiro atoms. The zero-order chi connectivity index (χ0) is 11.5. The van der Waals surface area contributed by atoms with E-state index in [0.29, 0.717) is 12.4 Å². The number of aromatic nitrogens is 1. The first-order valence-corrected chi connectivity index (χ1v) is 4.89. The lowest BCUT2D eigenvalue weighted by molar-refractivity contribution is 0.0690. The second-order valence-electron chi connectivity index (χ2n) is 3.57. The maximum absolute atomic E-state index is 10.7. The predicted octanol–water partition coefficient (Wildman–Crippen LogP) is -0.0486. The van der Waals surface area contributed by atoms with Gasteiger partial charge in [0.05, 0.1) is 25.4 Å². The first-order valence-electron chi connectivity index (χ1n) is 4.89. The molecule has 2 atom stereocenters. The summed E-state index contributed by atoms with van der Waals surface area (Å²) in [4.78, 5) is 14.6. The number of hydrogen-bond acceptors (Lipinski definition) is 5. The molecule has 1 aliphatic heterocycles. The van der Waals surface area contributed by atoms with Crippen molar-refractivity contribution in [2.45, 2.75) is 12.1 Å². The molecular weight excluding hydrogens is 212 g/mol. The van der Waals surface area contributed by atoms with Crippen LogP contribution in [0.2, 0.25) is 0 Å². The Labute approximate surface area is 91.9 Å². The smallest absolute Gasteiger partial charge is 0.354 e. The van der Waals surface area contributed by atoms with Crippen molar-refractivity contribution >= 4 is 11.8 Å². The Balaban J connectivity index is 2.09. The molecule has 6 nitrogen and oxygen atoms in total. The number of hydrogen-bond donors (Lipinski definition) is 3. The summed E-state index contributed by atoms with van der Waals surface area (Å²) in [5.74, 6) is -0.652. The second-order valence-corrected chi connectivity index (χ2v) is 3.57. The molecule has 0 unspecified atom stereocenters. The molecule has 1 aromatic heterocycles. The predicted molar refractivity (Wildman–Crippen MR) is 55.4 cm³/mol. The molecular formula is C10H12N2O4. The molecule has 1 fully saturated rings. The Hall–Kier alpha value is -1.66. The molecule has 0 bridgehead atoms. The van der Waals surface area contributed by atoms with E-state index < -0.39 is 12.1 Å². The number of carbonyl (C=O) groups is 1. The summed E-state index contributed by atoms with van der Waals surface area (Å²) in [5, 5.41) is 21.2. The van der Waals surface area contributed by atoms with Gasteiger partial charge in [-0.2, -0.15) is 0 Å². The van der Waals surface area contributed by atoms with Crippen molar-refractivity contribution in [1.82, 2.24) is 4.98 Å². The van der Waals surface area contributed by atoms with Gasteiger partial charge in [-0.1, -0.05) is 6.07 Å². The number of aliphatic hydroxyl groups excluding tert-OH is 1. The number of nitrogens with zero attached hydrogens (tertiary/aromatic N) is 1. The topological polar surface area (TPSA) is 91.7 Å². The molecule has 0 amide bonds. The molecule has 3 N–H and O–H groups in total. The third-order valence-electron chi connectivity index (χ3n) is 2.35. The lowest BCUT2D eigenvalue weighted by Crippen LogP contribution is -2.32. The fraction of sp³-hybridized carbons (Fsp3) is 0.400. The molecule has 6 heteroatoms. The van der Waals surface area contributed by atoms with E-state index in [1.54, 1.807) is 12.1 Å². The van der Waals surface area contributed by atoms with Crippen molar-refractivity contribution in [3.8, 4) is 0 Å². The standard InChI is InChI=1S/C10H12N2O4/c13-8-5-16-4-7(8)12-9-3-1-2-6(11-9)10(14)15/h1-3,7-8,13H,4-5H2,(H,11,12)(H,14,15)/t7-,8-/m1/s1. The Kier molecular flexibility index (Phi) is 3.02. The number of pyridine rings is 1. The molecule has 0 aromatic carbocycles. The number of aliphatic hydroxyl groups is 1. The van der Waals surface area contributed by atoms with Crippen LogP contribution in [-0.2, 0) is 4.74 Å². The third kappa shape index (κ3) is 2.29. The van der Waals surface area contributed by atoms with Gasteiger partial charge >= 0.3 is 5.97 Å². The van der Waals surface area contributed by atoms with E-state index in [2.05, 4.69) is 10.3 Å². The zero-order valence-corrected chi connectivity index (χ0v) is 8.46. The number of ether oxygens (including phenoxy) is 1. The van der Waals surface area contributed by atoms with Gasteiger partial charge in [-0.05, 0) is 12.1 Å². The average Bonchev–Trinajstić information content (AvgIpc) is 2.65. The highest BCUT2D eigenvalue weighted by Gasteiger charge is 2.26. The molecule has 16 heavy (non-hydrogen) atoms. The van der Waals surface area contributed by atoms with E-state index in [0.717, 1.165) is 0 Å². The molecule has 2 rings (SSSR count). The van der Waals surface area contributed by atoms with Gasteiger partial charge < -0.3 is 20.3 Å². The molecule has 1 aromatic rings. The van der Waals surface area contributed by atoms with Gasteiger partial charge in [0.25, 0.3) is 0 Å². The van der Waals surface area contributed by atoms with Crippen LogP contribution in [0.1, 0.15) is 10.5 Å². The van der Waals surface area contributed by atoms with Gasteiger partial charge in [-0.3, -0.25) is 0 Å².